The molecule has 1 aromatic rings. The first-order chi connectivity index (χ1) is 9.15. The Balaban J connectivity index is 1.69. The van der Waals surface area contributed by atoms with Gasteiger partial charge in [-0.3, -0.25) is 4.90 Å². The summed E-state index contributed by atoms with van der Waals surface area (Å²) >= 11 is 0. The average Bonchev–Trinajstić information content (AvgIpc) is 3.01. The molecular weight excluding hydrogens is 234 g/mol. The predicted molar refractivity (Wildman–Crippen MR) is 81.6 cm³/mol. The first kappa shape index (κ1) is 12.8. The highest BCUT2D eigenvalue weighted by Gasteiger charge is 2.32. The van der Waals surface area contributed by atoms with Crippen LogP contribution in [0.3, 0.4) is 0 Å². The van der Waals surface area contributed by atoms with Crippen molar-refractivity contribution < 1.29 is 0 Å². The van der Waals surface area contributed by atoms with Gasteiger partial charge in [0.1, 0.15) is 0 Å². The maximum Gasteiger partial charge on any atom is 0.0370 e. The lowest BCUT2D eigenvalue weighted by molar-refractivity contribution is 0.204. The number of likely N-dealkylation sites (tertiary alicyclic amines) is 1. The van der Waals surface area contributed by atoms with Crippen molar-refractivity contribution in [2.24, 2.45) is 0 Å². The molecule has 0 aliphatic carbocycles. The minimum absolute atomic E-state index is 0.746. The van der Waals surface area contributed by atoms with E-state index in [0.29, 0.717) is 0 Å². The van der Waals surface area contributed by atoms with Gasteiger partial charge >= 0.3 is 0 Å². The second-order valence-corrected chi connectivity index (χ2v) is 6.16. The molecule has 0 spiro atoms. The number of rotatable bonds is 2. The van der Waals surface area contributed by atoms with E-state index in [0.717, 1.165) is 17.8 Å². The molecule has 2 saturated heterocycles. The Morgan fingerprint density at radius 1 is 1.21 bits per heavy atom. The van der Waals surface area contributed by atoms with Crippen LogP contribution in [0.25, 0.3) is 0 Å². The number of hydrogen-bond acceptors (Lipinski definition) is 3. The van der Waals surface area contributed by atoms with E-state index < -0.39 is 0 Å². The normalized spacial score (nSPS) is 28.2. The van der Waals surface area contributed by atoms with E-state index in [1.807, 2.05) is 6.07 Å². The van der Waals surface area contributed by atoms with Gasteiger partial charge < -0.3 is 10.6 Å². The molecular formula is C16H25N3. The smallest absolute Gasteiger partial charge is 0.0370 e. The highest BCUT2D eigenvalue weighted by molar-refractivity contribution is 5.58. The zero-order chi connectivity index (χ0) is 13.4. The van der Waals surface area contributed by atoms with Gasteiger partial charge in [-0.05, 0) is 63.4 Å². The largest absolute Gasteiger partial charge is 0.399 e. The first-order valence-corrected chi connectivity index (χ1v) is 7.52. The third-order valence-corrected chi connectivity index (χ3v) is 4.86. The lowest BCUT2D eigenvalue weighted by Crippen LogP contribution is -2.39. The highest BCUT2D eigenvalue weighted by atomic mass is 15.3. The van der Waals surface area contributed by atoms with Crippen LogP contribution in [0, 0.1) is 6.92 Å². The standard InChI is InChI=1S/C16H25N3/c1-12-10-14(5-6-16(12)17)18-9-7-15(11-18)19-8-3-4-13(19)2/h5-6,10,13,15H,3-4,7-9,11,17H2,1-2H3/t13-,15+/m1/s1. The Bertz CT molecular complexity index is 457. The fourth-order valence-corrected chi connectivity index (χ4v) is 3.60. The third kappa shape index (κ3) is 2.44. The summed E-state index contributed by atoms with van der Waals surface area (Å²) < 4.78 is 0. The quantitative estimate of drug-likeness (QED) is 0.829. The third-order valence-electron chi connectivity index (χ3n) is 4.86. The molecule has 1 aromatic carbocycles. The van der Waals surface area contributed by atoms with Gasteiger partial charge in [0, 0.05) is 36.5 Å². The van der Waals surface area contributed by atoms with Gasteiger partial charge in [0.15, 0.2) is 0 Å². The van der Waals surface area contributed by atoms with Crippen LogP contribution >= 0.6 is 0 Å². The number of nitrogens with two attached hydrogens (primary N) is 1. The SMILES string of the molecule is Cc1cc(N2CC[C@H](N3CCC[C@H]3C)C2)ccc1N. The van der Waals surface area contributed by atoms with E-state index in [2.05, 4.69) is 35.8 Å². The molecule has 0 unspecified atom stereocenters. The molecule has 104 valence electrons. The molecule has 0 aromatic heterocycles. The van der Waals surface area contributed by atoms with Crippen molar-refractivity contribution >= 4 is 11.4 Å². The van der Waals surface area contributed by atoms with Crippen molar-refractivity contribution in [1.82, 2.24) is 4.90 Å². The molecule has 0 radical (unpaired) electrons. The fourth-order valence-electron chi connectivity index (χ4n) is 3.60. The van der Waals surface area contributed by atoms with Crippen LogP contribution in [0.4, 0.5) is 11.4 Å². The monoisotopic (exact) mass is 259 g/mol. The summed E-state index contributed by atoms with van der Waals surface area (Å²) in [7, 11) is 0. The number of nitrogens with zero attached hydrogens (tertiary/aromatic N) is 2. The van der Waals surface area contributed by atoms with Gasteiger partial charge in [-0.1, -0.05) is 0 Å². The number of nitrogen functional groups attached to an aromatic ring is 1. The minimum atomic E-state index is 0.746. The molecule has 3 rings (SSSR count). The summed E-state index contributed by atoms with van der Waals surface area (Å²) in [6.45, 7) is 8.11. The molecule has 0 amide bonds. The van der Waals surface area contributed by atoms with Crippen LogP contribution in [0.1, 0.15) is 31.7 Å². The lowest BCUT2D eigenvalue weighted by atomic mass is 10.1. The van der Waals surface area contributed by atoms with Crippen molar-refractivity contribution in [2.45, 2.75) is 45.2 Å². The van der Waals surface area contributed by atoms with Crippen molar-refractivity contribution in [3.05, 3.63) is 23.8 Å². The molecule has 2 heterocycles. The van der Waals surface area contributed by atoms with Gasteiger partial charge in [-0.2, -0.15) is 0 Å². The van der Waals surface area contributed by atoms with Gasteiger partial charge in [0.25, 0.3) is 0 Å². The summed E-state index contributed by atoms with van der Waals surface area (Å²) in [6.07, 6.45) is 4.05. The zero-order valence-electron chi connectivity index (χ0n) is 12.1. The van der Waals surface area contributed by atoms with Crippen molar-refractivity contribution in [1.29, 1.82) is 0 Å². The predicted octanol–water partition coefficient (Wildman–Crippen LogP) is 2.64. The number of hydrogen-bond donors (Lipinski definition) is 1. The second kappa shape index (κ2) is 5.04. The summed E-state index contributed by atoms with van der Waals surface area (Å²) in [5.41, 5.74) is 9.33. The summed E-state index contributed by atoms with van der Waals surface area (Å²) in [5.74, 6) is 0. The molecule has 0 bridgehead atoms. The maximum absolute atomic E-state index is 5.91. The number of aryl methyl sites for hydroxylation is 1. The molecule has 2 aliphatic heterocycles. The van der Waals surface area contributed by atoms with Crippen LogP contribution in [-0.4, -0.2) is 36.6 Å². The molecule has 3 heteroatoms. The molecule has 2 aliphatic rings. The number of anilines is 2. The summed E-state index contributed by atoms with van der Waals surface area (Å²) in [6, 6.07) is 7.95. The van der Waals surface area contributed by atoms with E-state index in [4.69, 9.17) is 5.73 Å². The number of benzene rings is 1. The fraction of sp³-hybridized carbons (Fsp3) is 0.625. The molecule has 2 fully saturated rings. The lowest BCUT2D eigenvalue weighted by Gasteiger charge is -2.28. The Labute approximate surface area is 116 Å². The highest BCUT2D eigenvalue weighted by Crippen LogP contribution is 2.29. The Hall–Kier alpha value is -1.22. The minimum Gasteiger partial charge on any atom is -0.399 e. The van der Waals surface area contributed by atoms with Gasteiger partial charge in [-0.25, -0.2) is 0 Å². The van der Waals surface area contributed by atoms with E-state index in [-0.39, 0.29) is 0 Å². The van der Waals surface area contributed by atoms with Crippen molar-refractivity contribution in [2.75, 3.05) is 30.3 Å². The molecule has 3 nitrogen and oxygen atoms in total. The zero-order valence-corrected chi connectivity index (χ0v) is 12.1. The summed E-state index contributed by atoms with van der Waals surface area (Å²) in [4.78, 5) is 5.23. The van der Waals surface area contributed by atoms with Crippen LogP contribution in [-0.2, 0) is 0 Å². The Morgan fingerprint density at radius 2 is 2.05 bits per heavy atom. The molecule has 0 saturated carbocycles. The van der Waals surface area contributed by atoms with Crippen molar-refractivity contribution in [3.8, 4) is 0 Å². The van der Waals surface area contributed by atoms with Crippen LogP contribution in [0.2, 0.25) is 0 Å². The van der Waals surface area contributed by atoms with Crippen LogP contribution in [0.5, 0.6) is 0 Å². The maximum atomic E-state index is 5.91. The summed E-state index contributed by atoms with van der Waals surface area (Å²) in [5, 5.41) is 0. The first-order valence-electron chi connectivity index (χ1n) is 7.52. The topological polar surface area (TPSA) is 32.5 Å². The average molecular weight is 259 g/mol. The van der Waals surface area contributed by atoms with E-state index in [1.165, 1.54) is 50.1 Å². The van der Waals surface area contributed by atoms with Gasteiger partial charge in [0.2, 0.25) is 0 Å². The Morgan fingerprint density at radius 3 is 2.74 bits per heavy atom. The van der Waals surface area contributed by atoms with Gasteiger partial charge in [-0.15, -0.1) is 0 Å². The Kier molecular flexibility index (Phi) is 3.40. The molecule has 2 atom stereocenters. The van der Waals surface area contributed by atoms with E-state index in [1.54, 1.807) is 0 Å². The second-order valence-electron chi connectivity index (χ2n) is 6.16. The van der Waals surface area contributed by atoms with E-state index in [9.17, 15) is 0 Å². The van der Waals surface area contributed by atoms with Crippen LogP contribution in [0.15, 0.2) is 18.2 Å². The van der Waals surface area contributed by atoms with E-state index >= 15 is 0 Å². The van der Waals surface area contributed by atoms with Crippen LogP contribution < -0.4 is 10.6 Å². The van der Waals surface area contributed by atoms with Gasteiger partial charge in [0.05, 0.1) is 0 Å². The molecule has 2 N–H and O–H groups in total. The molecule has 19 heavy (non-hydrogen) atoms. The van der Waals surface area contributed by atoms with Crippen molar-refractivity contribution in [3.63, 3.8) is 0 Å².